The van der Waals surface area contributed by atoms with E-state index in [0.29, 0.717) is 5.92 Å². The van der Waals surface area contributed by atoms with Gasteiger partial charge < -0.3 is 9.47 Å². The Bertz CT molecular complexity index is 1310. The zero-order chi connectivity index (χ0) is 20.2. The molecule has 150 valence electrons. The molecule has 6 heterocycles. The largest absolute Gasteiger partial charge is 0.367 e. The average molecular weight is 399 g/mol. The number of aryl methyl sites for hydroxylation is 1. The Morgan fingerprint density at radius 1 is 1.10 bits per heavy atom. The van der Waals surface area contributed by atoms with Crippen molar-refractivity contribution >= 4 is 11.3 Å². The molecule has 0 unspecified atom stereocenters. The molecular formula is C22H21N7O. The molecule has 0 saturated carbocycles. The Balaban J connectivity index is 1.42. The van der Waals surface area contributed by atoms with E-state index in [4.69, 9.17) is 0 Å². The number of rotatable bonds is 2. The van der Waals surface area contributed by atoms with E-state index in [-0.39, 0.29) is 11.5 Å². The SMILES string of the molecule is Cc1cc(N2C[C@@H]3C[C@H](C2)c2cc(-c4ccccn4)cc(=O)n2C3)c2nncn2n1. The van der Waals surface area contributed by atoms with Crippen molar-refractivity contribution in [3.63, 3.8) is 0 Å². The summed E-state index contributed by atoms with van der Waals surface area (Å²) >= 11 is 0. The summed E-state index contributed by atoms with van der Waals surface area (Å²) in [6, 6.07) is 11.7. The van der Waals surface area contributed by atoms with Gasteiger partial charge in [-0.3, -0.25) is 9.78 Å². The van der Waals surface area contributed by atoms with E-state index in [2.05, 4.69) is 37.3 Å². The van der Waals surface area contributed by atoms with Crippen LogP contribution in [0.2, 0.25) is 0 Å². The van der Waals surface area contributed by atoms with Gasteiger partial charge in [0.25, 0.3) is 5.56 Å². The Kier molecular flexibility index (Phi) is 3.74. The summed E-state index contributed by atoms with van der Waals surface area (Å²) in [6.07, 6.45) is 4.50. The highest BCUT2D eigenvalue weighted by molar-refractivity contribution is 5.69. The highest BCUT2D eigenvalue weighted by Crippen LogP contribution is 2.38. The molecule has 2 bridgehead atoms. The fourth-order valence-corrected chi connectivity index (χ4v) is 5.00. The van der Waals surface area contributed by atoms with Crippen molar-refractivity contribution in [3.8, 4) is 11.3 Å². The van der Waals surface area contributed by atoms with Crippen molar-refractivity contribution in [2.75, 3.05) is 18.0 Å². The molecule has 2 aliphatic heterocycles. The number of anilines is 1. The zero-order valence-corrected chi connectivity index (χ0v) is 16.6. The molecule has 0 spiro atoms. The molecule has 1 fully saturated rings. The zero-order valence-electron chi connectivity index (χ0n) is 16.6. The maximum Gasteiger partial charge on any atom is 0.251 e. The second-order valence-corrected chi connectivity index (χ2v) is 8.31. The van der Waals surface area contributed by atoms with Crippen molar-refractivity contribution in [2.24, 2.45) is 5.92 Å². The van der Waals surface area contributed by atoms with E-state index >= 15 is 0 Å². The lowest BCUT2D eigenvalue weighted by Crippen LogP contribution is -2.47. The van der Waals surface area contributed by atoms with E-state index < -0.39 is 0 Å². The van der Waals surface area contributed by atoms with E-state index in [1.807, 2.05) is 29.7 Å². The molecular weight excluding hydrogens is 378 g/mol. The molecule has 8 nitrogen and oxygen atoms in total. The van der Waals surface area contributed by atoms with E-state index in [9.17, 15) is 4.79 Å². The molecule has 30 heavy (non-hydrogen) atoms. The van der Waals surface area contributed by atoms with Gasteiger partial charge in [0.05, 0.1) is 17.1 Å². The predicted molar refractivity (Wildman–Crippen MR) is 113 cm³/mol. The number of aromatic nitrogens is 6. The summed E-state index contributed by atoms with van der Waals surface area (Å²) in [4.78, 5) is 19.7. The van der Waals surface area contributed by atoms with E-state index in [1.165, 1.54) is 0 Å². The van der Waals surface area contributed by atoms with Crippen LogP contribution in [0.15, 0.2) is 53.7 Å². The van der Waals surface area contributed by atoms with Crippen molar-refractivity contribution in [1.29, 1.82) is 0 Å². The summed E-state index contributed by atoms with van der Waals surface area (Å²) in [5.41, 5.74) is 5.67. The maximum absolute atomic E-state index is 12.9. The van der Waals surface area contributed by atoms with Crippen LogP contribution in [0, 0.1) is 12.8 Å². The molecule has 0 aliphatic carbocycles. The van der Waals surface area contributed by atoms with Crippen LogP contribution in [0.4, 0.5) is 5.69 Å². The minimum absolute atomic E-state index is 0.0657. The van der Waals surface area contributed by atoms with Gasteiger partial charge in [-0.1, -0.05) is 6.07 Å². The number of pyridine rings is 2. The van der Waals surface area contributed by atoms with Gasteiger partial charge in [-0.05, 0) is 43.5 Å². The fourth-order valence-electron chi connectivity index (χ4n) is 5.00. The molecule has 0 radical (unpaired) electrons. The van der Waals surface area contributed by atoms with Gasteiger partial charge in [0.2, 0.25) is 5.65 Å². The number of nitrogens with zero attached hydrogens (tertiary/aromatic N) is 7. The first-order valence-corrected chi connectivity index (χ1v) is 10.2. The van der Waals surface area contributed by atoms with Crippen LogP contribution in [0.1, 0.15) is 23.7 Å². The molecule has 4 aromatic rings. The van der Waals surface area contributed by atoms with Crippen LogP contribution in [0.5, 0.6) is 0 Å². The van der Waals surface area contributed by atoms with Crippen LogP contribution in [0.25, 0.3) is 16.9 Å². The molecule has 0 aromatic carbocycles. The summed E-state index contributed by atoms with van der Waals surface area (Å²) in [5, 5.41) is 12.8. The number of fused-ring (bicyclic) bond motifs is 5. The van der Waals surface area contributed by atoms with Gasteiger partial charge in [0.1, 0.15) is 6.33 Å². The highest BCUT2D eigenvalue weighted by Gasteiger charge is 2.36. The minimum atomic E-state index is 0.0657. The highest BCUT2D eigenvalue weighted by atomic mass is 16.1. The fraction of sp³-hybridized carbons (Fsp3) is 0.318. The average Bonchev–Trinajstić information content (AvgIpc) is 3.22. The number of hydrogen-bond acceptors (Lipinski definition) is 6. The van der Waals surface area contributed by atoms with Gasteiger partial charge in [0, 0.05) is 49.1 Å². The van der Waals surface area contributed by atoms with Gasteiger partial charge in [0.15, 0.2) is 0 Å². The third-order valence-electron chi connectivity index (χ3n) is 6.23. The molecule has 0 N–H and O–H groups in total. The van der Waals surface area contributed by atoms with Crippen molar-refractivity contribution in [2.45, 2.75) is 25.8 Å². The smallest absolute Gasteiger partial charge is 0.251 e. The van der Waals surface area contributed by atoms with E-state index in [1.54, 1.807) is 23.1 Å². The Hall–Kier alpha value is -3.55. The monoisotopic (exact) mass is 399 g/mol. The Labute approximate surface area is 172 Å². The van der Waals surface area contributed by atoms with Gasteiger partial charge in [-0.15, -0.1) is 10.2 Å². The Morgan fingerprint density at radius 3 is 2.90 bits per heavy atom. The topological polar surface area (TPSA) is 81.2 Å². The second kappa shape index (κ2) is 6.48. The first-order chi connectivity index (χ1) is 14.7. The summed E-state index contributed by atoms with van der Waals surface area (Å²) in [6.45, 7) is 4.47. The molecule has 4 aromatic heterocycles. The lowest BCUT2D eigenvalue weighted by molar-refractivity contribution is 0.281. The van der Waals surface area contributed by atoms with Gasteiger partial charge in [-0.2, -0.15) is 9.61 Å². The number of piperidine rings is 1. The first-order valence-electron chi connectivity index (χ1n) is 10.2. The summed E-state index contributed by atoms with van der Waals surface area (Å²) < 4.78 is 3.71. The van der Waals surface area contributed by atoms with Crippen LogP contribution in [-0.2, 0) is 6.54 Å². The number of hydrogen-bond donors (Lipinski definition) is 0. The standard InChI is InChI=1S/C22H21N7O/c1-14-6-20(22-25-24-13-29(22)26-14)27-10-15-7-17(12-27)19-8-16(9-21(30)28(19)11-15)18-4-2-3-5-23-18/h2-6,8-9,13,15,17H,7,10-12H2,1H3/t15-,17+/m0/s1. The third-order valence-corrected chi connectivity index (χ3v) is 6.23. The minimum Gasteiger partial charge on any atom is -0.367 e. The molecule has 2 atom stereocenters. The summed E-state index contributed by atoms with van der Waals surface area (Å²) in [5.74, 6) is 0.705. The maximum atomic E-state index is 12.9. The van der Waals surface area contributed by atoms with Crippen molar-refractivity contribution in [3.05, 3.63) is 70.7 Å². The van der Waals surface area contributed by atoms with Crippen LogP contribution in [-0.4, -0.2) is 42.5 Å². The van der Waals surface area contributed by atoms with Crippen LogP contribution in [0.3, 0.4) is 0 Å². The second-order valence-electron chi connectivity index (χ2n) is 8.31. The molecule has 6 rings (SSSR count). The van der Waals surface area contributed by atoms with Crippen molar-refractivity contribution in [1.82, 2.24) is 29.4 Å². The lowest BCUT2D eigenvalue weighted by atomic mass is 9.82. The first kappa shape index (κ1) is 17.3. The molecule has 2 aliphatic rings. The normalized spacial score (nSPS) is 20.4. The third kappa shape index (κ3) is 2.71. The molecule has 8 heteroatoms. The molecule has 1 saturated heterocycles. The van der Waals surface area contributed by atoms with Crippen LogP contribution >= 0.6 is 0 Å². The summed E-state index contributed by atoms with van der Waals surface area (Å²) in [7, 11) is 0. The van der Waals surface area contributed by atoms with Crippen LogP contribution < -0.4 is 10.5 Å². The quantitative estimate of drug-likeness (QED) is 0.514. The predicted octanol–water partition coefficient (Wildman–Crippen LogP) is 2.28. The Morgan fingerprint density at radius 2 is 2.03 bits per heavy atom. The lowest BCUT2D eigenvalue weighted by Gasteiger charge is -2.43. The van der Waals surface area contributed by atoms with Gasteiger partial charge >= 0.3 is 0 Å². The van der Waals surface area contributed by atoms with Gasteiger partial charge in [-0.25, -0.2) is 0 Å². The molecule has 0 amide bonds. The van der Waals surface area contributed by atoms with Crippen molar-refractivity contribution < 1.29 is 0 Å². The van der Waals surface area contributed by atoms with E-state index in [0.717, 1.165) is 60.0 Å².